The van der Waals surface area contributed by atoms with Crippen LogP contribution in [-0.4, -0.2) is 20.5 Å². The van der Waals surface area contributed by atoms with Crippen molar-refractivity contribution in [2.75, 3.05) is 5.75 Å². The molecule has 0 saturated carbocycles. The zero-order valence-electron chi connectivity index (χ0n) is 10.1. The van der Waals surface area contributed by atoms with Crippen molar-refractivity contribution in [3.63, 3.8) is 0 Å². The molecule has 0 aliphatic heterocycles. The van der Waals surface area contributed by atoms with Gasteiger partial charge in [-0.2, -0.15) is 0 Å². The van der Waals surface area contributed by atoms with E-state index < -0.39 is 9.84 Å². The molecule has 1 heterocycles. The number of aldehydes is 1. The van der Waals surface area contributed by atoms with Crippen LogP contribution in [0.25, 0.3) is 11.3 Å². The number of carbonyl (C=O) groups is 1. The van der Waals surface area contributed by atoms with Gasteiger partial charge in [-0.1, -0.05) is 22.9 Å². The lowest BCUT2D eigenvalue weighted by Crippen LogP contribution is -2.03. The van der Waals surface area contributed by atoms with Crippen molar-refractivity contribution in [1.82, 2.24) is 0 Å². The van der Waals surface area contributed by atoms with Crippen molar-refractivity contribution in [1.29, 1.82) is 0 Å². The van der Waals surface area contributed by atoms with Gasteiger partial charge in [0.1, 0.15) is 5.76 Å². The first-order valence-electron chi connectivity index (χ1n) is 5.55. The van der Waals surface area contributed by atoms with E-state index in [2.05, 4.69) is 15.9 Å². The summed E-state index contributed by atoms with van der Waals surface area (Å²) in [5, 5.41) is 0. The van der Waals surface area contributed by atoms with Gasteiger partial charge in [0, 0.05) is 10.0 Å². The van der Waals surface area contributed by atoms with E-state index >= 15 is 0 Å². The third kappa shape index (κ3) is 2.79. The SMILES string of the molecule is CCS(=O)(=O)c1ccc(Br)c(-c2ccc(C=O)o2)c1. The second-order valence-corrected chi connectivity index (χ2v) is 7.00. The normalized spacial score (nSPS) is 11.5. The van der Waals surface area contributed by atoms with E-state index in [4.69, 9.17) is 4.42 Å². The molecule has 19 heavy (non-hydrogen) atoms. The average molecular weight is 343 g/mol. The fraction of sp³-hybridized carbons (Fsp3) is 0.154. The number of sulfone groups is 1. The molecule has 0 fully saturated rings. The first-order valence-corrected chi connectivity index (χ1v) is 8.00. The minimum absolute atomic E-state index is 0.0335. The highest BCUT2D eigenvalue weighted by atomic mass is 79.9. The smallest absolute Gasteiger partial charge is 0.185 e. The summed E-state index contributed by atoms with van der Waals surface area (Å²) < 4.78 is 29.7. The molecule has 0 N–H and O–H groups in total. The Labute approximate surface area is 119 Å². The summed E-state index contributed by atoms with van der Waals surface area (Å²) in [5.41, 5.74) is 0.600. The van der Waals surface area contributed by atoms with Crippen LogP contribution in [0.5, 0.6) is 0 Å². The fourth-order valence-corrected chi connectivity index (χ4v) is 2.96. The van der Waals surface area contributed by atoms with Gasteiger partial charge in [0.05, 0.1) is 10.6 Å². The molecule has 4 nitrogen and oxygen atoms in total. The summed E-state index contributed by atoms with van der Waals surface area (Å²) in [5.74, 6) is 0.680. The Morgan fingerprint density at radius 3 is 2.58 bits per heavy atom. The highest BCUT2D eigenvalue weighted by Gasteiger charge is 2.16. The minimum atomic E-state index is -3.28. The predicted octanol–water partition coefficient (Wildman–Crippen LogP) is 3.32. The predicted molar refractivity (Wildman–Crippen MR) is 75.0 cm³/mol. The second-order valence-electron chi connectivity index (χ2n) is 3.86. The number of hydrogen-bond acceptors (Lipinski definition) is 4. The van der Waals surface area contributed by atoms with Crippen LogP contribution in [0, 0.1) is 0 Å². The summed E-state index contributed by atoms with van der Waals surface area (Å²) in [6.07, 6.45) is 0.601. The monoisotopic (exact) mass is 342 g/mol. The topological polar surface area (TPSA) is 64.3 Å². The minimum Gasteiger partial charge on any atom is -0.453 e. The van der Waals surface area contributed by atoms with Gasteiger partial charge in [-0.15, -0.1) is 0 Å². The second kappa shape index (κ2) is 5.30. The molecule has 1 aromatic carbocycles. The van der Waals surface area contributed by atoms with E-state index in [0.29, 0.717) is 22.1 Å². The number of halogens is 1. The van der Waals surface area contributed by atoms with E-state index in [0.717, 1.165) is 0 Å². The molecule has 0 unspecified atom stereocenters. The Morgan fingerprint density at radius 1 is 1.26 bits per heavy atom. The van der Waals surface area contributed by atoms with E-state index in [1.165, 1.54) is 18.2 Å². The highest BCUT2D eigenvalue weighted by molar-refractivity contribution is 9.10. The zero-order valence-corrected chi connectivity index (χ0v) is 12.5. The molecule has 0 atom stereocenters. The van der Waals surface area contributed by atoms with Gasteiger partial charge in [0.2, 0.25) is 0 Å². The zero-order chi connectivity index (χ0) is 14.0. The van der Waals surface area contributed by atoms with Gasteiger partial charge in [-0.3, -0.25) is 4.79 Å². The molecular formula is C13H11BrO4S. The lowest BCUT2D eigenvalue weighted by atomic mass is 10.2. The van der Waals surface area contributed by atoms with E-state index in [-0.39, 0.29) is 16.4 Å². The number of furan rings is 1. The van der Waals surface area contributed by atoms with E-state index in [1.54, 1.807) is 19.1 Å². The largest absolute Gasteiger partial charge is 0.453 e. The molecule has 0 aliphatic carbocycles. The van der Waals surface area contributed by atoms with Gasteiger partial charge in [-0.05, 0) is 30.3 Å². The van der Waals surface area contributed by atoms with Crippen molar-refractivity contribution in [2.45, 2.75) is 11.8 Å². The van der Waals surface area contributed by atoms with Crippen LogP contribution in [0.4, 0.5) is 0 Å². The molecule has 2 rings (SSSR count). The molecule has 6 heteroatoms. The van der Waals surface area contributed by atoms with E-state index in [9.17, 15) is 13.2 Å². The maximum atomic E-state index is 11.9. The van der Waals surface area contributed by atoms with Crippen LogP contribution in [0.1, 0.15) is 17.5 Å². The summed E-state index contributed by atoms with van der Waals surface area (Å²) in [7, 11) is -3.28. The lowest BCUT2D eigenvalue weighted by Gasteiger charge is -2.06. The van der Waals surface area contributed by atoms with Crippen molar-refractivity contribution in [3.05, 3.63) is 40.6 Å². The average Bonchev–Trinajstić information content (AvgIpc) is 2.87. The first kappa shape index (κ1) is 14.0. The maximum Gasteiger partial charge on any atom is 0.185 e. The molecule has 1 aromatic heterocycles. The Bertz CT molecular complexity index is 716. The molecule has 0 aliphatic rings. The van der Waals surface area contributed by atoms with Crippen LogP contribution >= 0.6 is 15.9 Å². The van der Waals surface area contributed by atoms with Gasteiger partial charge in [0.25, 0.3) is 0 Å². The number of rotatable bonds is 4. The molecule has 100 valence electrons. The Kier molecular flexibility index (Phi) is 3.91. The van der Waals surface area contributed by atoms with Crippen LogP contribution in [-0.2, 0) is 9.84 Å². The summed E-state index contributed by atoms with van der Waals surface area (Å²) in [4.78, 5) is 10.8. The molecule has 2 aromatic rings. The first-order chi connectivity index (χ1) is 8.97. The summed E-state index contributed by atoms with van der Waals surface area (Å²) in [6.45, 7) is 1.59. The van der Waals surface area contributed by atoms with Crippen LogP contribution in [0.2, 0.25) is 0 Å². The quantitative estimate of drug-likeness (QED) is 0.799. The maximum absolute atomic E-state index is 11.9. The standard InChI is InChI=1S/C13H11BrO4S/c1-2-19(16,17)10-4-5-12(14)11(7-10)13-6-3-9(8-15)18-13/h3-8H,2H2,1H3. The molecule has 0 radical (unpaired) electrons. The van der Waals surface area contributed by atoms with Crippen molar-refractivity contribution in [3.8, 4) is 11.3 Å². The van der Waals surface area contributed by atoms with Gasteiger partial charge in [0.15, 0.2) is 21.9 Å². The summed E-state index contributed by atoms with van der Waals surface area (Å²) in [6, 6.07) is 7.90. The van der Waals surface area contributed by atoms with Gasteiger partial charge < -0.3 is 4.42 Å². The number of benzene rings is 1. The molecule has 0 amide bonds. The van der Waals surface area contributed by atoms with Crippen molar-refractivity contribution >= 4 is 32.1 Å². The Balaban J connectivity index is 2.57. The summed E-state index contributed by atoms with van der Waals surface area (Å²) >= 11 is 3.34. The Hall–Kier alpha value is -1.40. The van der Waals surface area contributed by atoms with Crippen molar-refractivity contribution < 1.29 is 17.6 Å². The van der Waals surface area contributed by atoms with E-state index in [1.807, 2.05) is 0 Å². The highest BCUT2D eigenvalue weighted by Crippen LogP contribution is 2.31. The third-order valence-electron chi connectivity index (χ3n) is 2.69. The van der Waals surface area contributed by atoms with Gasteiger partial charge in [-0.25, -0.2) is 8.42 Å². The Morgan fingerprint density at radius 2 is 2.00 bits per heavy atom. The molecule has 0 spiro atoms. The fourth-order valence-electron chi connectivity index (χ4n) is 1.61. The molecule has 0 saturated heterocycles. The lowest BCUT2D eigenvalue weighted by molar-refractivity contribution is 0.110. The van der Waals surface area contributed by atoms with Crippen molar-refractivity contribution in [2.24, 2.45) is 0 Å². The third-order valence-corrected chi connectivity index (χ3v) is 5.11. The van der Waals surface area contributed by atoms with Gasteiger partial charge >= 0.3 is 0 Å². The number of carbonyl (C=O) groups excluding carboxylic acids is 1. The number of hydrogen-bond donors (Lipinski definition) is 0. The van der Waals surface area contributed by atoms with Crippen LogP contribution < -0.4 is 0 Å². The van der Waals surface area contributed by atoms with Crippen LogP contribution in [0.3, 0.4) is 0 Å². The molecular weight excluding hydrogens is 332 g/mol. The molecule has 0 bridgehead atoms. The van der Waals surface area contributed by atoms with Crippen LogP contribution in [0.15, 0.2) is 44.1 Å².